The highest BCUT2D eigenvalue weighted by Gasteiger charge is 2.43. The van der Waals surface area contributed by atoms with E-state index in [0.29, 0.717) is 28.1 Å². The number of carbonyl (C=O) groups excluding carboxylic acids is 2. The molecular formula is C24H19Cl2NO6. The zero-order chi connectivity index (χ0) is 23.9. The third kappa shape index (κ3) is 3.98. The summed E-state index contributed by atoms with van der Waals surface area (Å²) < 4.78 is 10.5. The number of fused-ring (bicyclic) bond motifs is 2. The molecule has 33 heavy (non-hydrogen) atoms. The number of ketones is 1. The third-order valence-corrected chi connectivity index (χ3v) is 6.00. The summed E-state index contributed by atoms with van der Waals surface area (Å²) in [6.45, 7) is 2.97. The Hall–Kier alpha value is -3.29. The number of halogens is 2. The van der Waals surface area contributed by atoms with Crippen molar-refractivity contribution in [1.82, 2.24) is 5.32 Å². The van der Waals surface area contributed by atoms with Crippen LogP contribution in [-0.2, 0) is 14.3 Å². The molecule has 2 aromatic carbocycles. The maximum absolute atomic E-state index is 13.4. The van der Waals surface area contributed by atoms with Gasteiger partial charge in [0.2, 0.25) is 0 Å². The molecule has 1 heterocycles. The fourth-order valence-electron chi connectivity index (χ4n) is 4.16. The molecule has 1 atom stereocenters. The van der Waals surface area contributed by atoms with Crippen LogP contribution in [-0.4, -0.2) is 36.0 Å². The van der Waals surface area contributed by atoms with E-state index in [2.05, 4.69) is 5.32 Å². The third-order valence-electron chi connectivity index (χ3n) is 5.44. The number of nitrogens with one attached hydrogen (secondary N) is 1. The molecule has 0 radical (unpaired) electrons. The van der Waals surface area contributed by atoms with Gasteiger partial charge in [0.1, 0.15) is 0 Å². The Balaban J connectivity index is 1.89. The van der Waals surface area contributed by atoms with Gasteiger partial charge in [-0.25, -0.2) is 9.59 Å². The molecule has 2 aliphatic rings. The van der Waals surface area contributed by atoms with Crippen molar-refractivity contribution in [2.45, 2.75) is 19.8 Å². The molecule has 4 rings (SSSR count). The normalized spacial score (nSPS) is 16.8. The number of hydrogen-bond acceptors (Lipinski definition) is 6. The summed E-state index contributed by atoms with van der Waals surface area (Å²) in [5.74, 6) is -2.76. The minimum atomic E-state index is -1.18. The van der Waals surface area contributed by atoms with Crippen molar-refractivity contribution in [3.05, 3.63) is 80.0 Å². The van der Waals surface area contributed by atoms with Crippen LogP contribution in [0.15, 0.2) is 53.2 Å². The quantitative estimate of drug-likeness (QED) is 0.574. The molecular weight excluding hydrogens is 469 g/mol. The van der Waals surface area contributed by atoms with E-state index in [1.807, 2.05) is 12.1 Å². The second kappa shape index (κ2) is 8.92. The second-order valence-electron chi connectivity index (χ2n) is 7.48. The molecule has 0 aromatic heterocycles. The number of allylic oxidation sites excluding steroid dienone is 2. The van der Waals surface area contributed by atoms with Gasteiger partial charge < -0.3 is 19.9 Å². The van der Waals surface area contributed by atoms with E-state index in [1.165, 1.54) is 12.1 Å². The topological polar surface area (TPSA) is 102 Å². The molecule has 2 N–H and O–H groups in total. The number of Topliss-reactive ketones (excluding diaryl/α,β-unsaturated/α-hetero) is 1. The highest BCUT2D eigenvalue weighted by atomic mass is 35.5. The first kappa shape index (κ1) is 22.9. The molecule has 0 fully saturated rings. The number of hydrogen-bond donors (Lipinski definition) is 2. The van der Waals surface area contributed by atoms with E-state index >= 15 is 0 Å². The summed E-state index contributed by atoms with van der Waals surface area (Å²) in [7, 11) is 0. The zero-order valence-corrected chi connectivity index (χ0v) is 19.2. The first-order valence-electron chi connectivity index (χ1n) is 10.1. The minimum Gasteiger partial charge on any atom is -0.479 e. The highest BCUT2D eigenvalue weighted by molar-refractivity contribution is 6.37. The van der Waals surface area contributed by atoms with Crippen molar-refractivity contribution in [3.8, 4) is 5.75 Å². The monoisotopic (exact) mass is 487 g/mol. The van der Waals surface area contributed by atoms with Crippen molar-refractivity contribution in [1.29, 1.82) is 0 Å². The predicted octanol–water partition coefficient (Wildman–Crippen LogP) is 4.59. The van der Waals surface area contributed by atoms with E-state index in [0.717, 1.165) is 5.56 Å². The average Bonchev–Trinajstić information content (AvgIpc) is 3.04. The Morgan fingerprint density at radius 3 is 2.36 bits per heavy atom. The van der Waals surface area contributed by atoms with Crippen molar-refractivity contribution >= 4 is 46.6 Å². The number of carbonyl (C=O) groups is 3. The van der Waals surface area contributed by atoms with Gasteiger partial charge in [0, 0.05) is 28.3 Å². The molecule has 7 nitrogen and oxygen atoms in total. The fourth-order valence-corrected chi connectivity index (χ4v) is 4.77. The summed E-state index contributed by atoms with van der Waals surface area (Å²) in [6.07, 6.45) is 0. The van der Waals surface area contributed by atoms with Crippen molar-refractivity contribution in [2.24, 2.45) is 0 Å². The standard InChI is InChI=1S/C24H19Cl2NO6/c1-3-32-24(31)18-11(2)27-21-13-6-4-5-7-14(13)22(30)20(21)19(18)12-8-15(25)23(16(26)9-12)33-10-17(28)29/h4-9,19,27H,3,10H2,1-2H3,(H,28,29)/t19-/m1/s1. The van der Waals surface area contributed by atoms with Crippen LogP contribution in [0.1, 0.15) is 41.3 Å². The molecule has 0 bridgehead atoms. The number of ether oxygens (including phenoxy) is 2. The van der Waals surface area contributed by atoms with Gasteiger partial charge in [-0.1, -0.05) is 47.5 Å². The highest BCUT2D eigenvalue weighted by Crippen LogP contribution is 2.48. The van der Waals surface area contributed by atoms with Gasteiger partial charge in [-0.05, 0) is 31.5 Å². The van der Waals surface area contributed by atoms with E-state index in [-0.39, 0.29) is 33.8 Å². The van der Waals surface area contributed by atoms with Gasteiger partial charge in [0.05, 0.1) is 27.9 Å². The Morgan fingerprint density at radius 1 is 1.12 bits per heavy atom. The fraction of sp³-hybridized carbons (Fsp3) is 0.208. The molecule has 0 saturated heterocycles. The van der Waals surface area contributed by atoms with Crippen LogP contribution in [0.5, 0.6) is 5.75 Å². The molecule has 0 unspecified atom stereocenters. The number of rotatable bonds is 6. The van der Waals surface area contributed by atoms with Crippen LogP contribution in [0.3, 0.4) is 0 Å². The predicted molar refractivity (Wildman–Crippen MR) is 122 cm³/mol. The van der Waals surface area contributed by atoms with Crippen LogP contribution in [0.25, 0.3) is 5.70 Å². The van der Waals surface area contributed by atoms with Crippen LogP contribution in [0, 0.1) is 0 Å². The lowest BCUT2D eigenvalue weighted by Gasteiger charge is -2.29. The molecule has 170 valence electrons. The van der Waals surface area contributed by atoms with Crippen molar-refractivity contribution in [3.63, 3.8) is 0 Å². The molecule has 0 saturated carbocycles. The van der Waals surface area contributed by atoms with Gasteiger partial charge in [0.15, 0.2) is 18.1 Å². The van der Waals surface area contributed by atoms with E-state index in [4.69, 9.17) is 37.8 Å². The lowest BCUT2D eigenvalue weighted by atomic mass is 9.80. The molecule has 0 amide bonds. The molecule has 0 spiro atoms. The largest absolute Gasteiger partial charge is 0.479 e. The van der Waals surface area contributed by atoms with E-state index < -0.39 is 24.5 Å². The summed E-state index contributed by atoms with van der Waals surface area (Å²) >= 11 is 12.8. The summed E-state index contributed by atoms with van der Waals surface area (Å²) in [6, 6.07) is 10.2. The van der Waals surface area contributed by atoms with Crippen LogP contribution < -0.4 is 10.1 Å². The van der Waals surface area contributed by atoms with E-state index in [1.54, 1.807) is 26.0 Å². The number of dihydropyridines is 1. The van der Waals surface area contributed by atoms with Crippen LogP contribution >= 0.6 is 23.2 Å². The number of esters is 1. The van der Waals surface area contributed by atoms with Gasteiger partial charge >= 0.3 is 11.9 Å². The number of carboxylic acids is 1. The van der Waals surface area contributed by atoms with Gasteiger partial charge in [-0.2, -0.15) is 0 Å². The van der Waals surface area contributed by atoms with Gasteiger partial charge in [0.25, 0.3) is 0 Å². The van der Waals surface area contributed by atoms with Crippen LogP contribution in [0.4, 0.5) is 0 Å². The van der Waals surface area contributed by atoms with Crippen molar-refractivity contribution < 1.29 is 29.0 Å². The Labute approximate surface area is 199 Å². The van der Waals surface area contributed by atoms with Gasteiger partial charge in [-0.15, -0.1) is 0 Å². The minimum absolute atomic E-state index is 0.00652. The van der Waals surface area contributed by atoms with E-state index in [9.17, 15) is 14.4 Å². The first-order valence-corrected chi connectivity index (χ1v) is 10.9. The van der Waals surface area contributed by atoms with Crippen molar-refractivity contribution in [2.75, 3.05) is 13.2 Å². The van der Waals surface area contributed by atoms with Gasteiger partial charge in [-0.3, -0.25) is 4.79 Å². The molecule has 2 aromatic rings. The second-order valence-corrected chi connectivity index (χ2v) is 8.29. The molecule has 1 aliphatic carbocycles. The summed E-state index contributed by atoms with van der Waals surface area (Å²) in [4.78, 5) is 37.3. The number of carboxylic acid groups (broad SMARTS) is 1. The molecule has 9 heteroatoms. The summed E-state index contributed by atoms with van der Waals surface area (Å²) in [5.41, 5.74) is 3.55. The Kier molecular flexibility index (Phi) is 6.19. The molecule has 1 aliphatic heterocycles. The SMILES string of the molecule is CCOC(=O)C1=C(C)NC2=C(C(=O)c3ccccc32)[C@@H]1c1cc(Cl)c(OCC(=O)O)c(Cl)c1. The Morgan fingerprint density at radius 2 is 1.76 bits per heavy atom. The zero-order valence-electron chi connectivity index (χ0n) is 17.7. The maximum atomic E-state index is 13.4. The summed E-state index contributed by atoms with van der Waals surface area (Å²) in [5, 5.41) is 12.2. The Bertz CT molecular complexity index is 1240. The van der Waals surface area contributed by atoms with Crippen LogP contribution in [0.2, 0.25) is 10.0 Å². The lowest BCUT2D eigenvalue weighted by Crippen LogP contribution is -2.29. The average molecular weight is 488 g/mol. The number of aliphatic carboxylic acids is 1. The maximum Gasteiger partial charge on any atom is 0.341 e. The first-order chi connectivity index (χ1) is 15.7. The smallest absolute Gasteiger partial charge is 0.341 e. The number of benzene rings is 2. The lowest BCUT2D eigenvalue weighted by molar-refractivity contribution is -0.140.